The highest BCUT2D eigenvalue weighted by Gasteiger charge is 2.25. The summed E-state index contributed by atoms with van der Waals surface area (Å²) in [5.74, 6) is 0.735. The first-order valence-electron chi connectivity index (χ1n) is 11.2. The Labute approximate surface area is 186 Å². The molecule has 2 aromatic carbocycles. The molecule has 0 unspecified atom stereocenters. The van der Waals surface area contributed by atoms with Crippen molar-refractivity contribution in [3.8, 4) is 0 Å². The van der Waals surface area contributed by atoms with Crippen molar-refractivity contribution in [2.45, 2.75) is 32.4 Å². The van der Waals surface area contributed by atoms with Crippen LogP contribution in [-0.4, -0.2) is 32.0 Å². The van der Waals surface area contributed by atoms with Gasteiger partial charge < -0.3 is 4.90 Å². The number of hydrogen-bond acceptors (Lipinski definition) is 4. The average Bonchev–Trinajstić information content (AvgIpc) is 3.21. The van der Waals surface area contributed by atoms with Gasteiger partial charge in [-0.25, -0.2) is 4.79 Å². The summed E-state index contributed by atoms with van der Waals surface area (Å²) in [5, 5.41) is 4.89. The van der Waals surface area contributed by atoms with Gasteiger partial charge in [0.05, 0.1) is 13.1 Å². The Morgan fingerprint density at radius 3 is 2.00 bits per heavy atom. The predicted octanol–water partition coefficient (Wildman–Crippen LogP) is 2.98. The topological polar surface area (TPSA) is 65.1 Å². The zero-order valence-corrected chi connectivity index (χ0v) is 18.3. The van der Waals surface area contributed by atoms with E-state index >= 15 is 0 Å². The lowest BCUT2D eigenvalue weighted by atomic mass is 10.1. The first-order chi connectivity index (χ1) is 15.6. The standard InChI is InChI=1S/C25H27N5O2/c1-27-21-22(24(31)29(25(27)32)17-19-11-5-2-6-12-19)30(18-20-13-7-3-8-14-20)26-23(21)28-15-9-4-10-16-28/h2-3,5-8,11-14H,4,9-10,15-18H2,1H3. The second-order valence-corrected chi connectivity index (χ2v) is 8.43. The lowest BCUT2D eigenvalue weighted by molar-refractivity contribution is 0.568. The molecular formula is C25H27N5O2. The fourth-order valence-corrected chi connectivity index (χ4v) is 4.55. The normalized spacial score (nSPS) is 14.2. The van der Waals surface area contributed by atoms with Gasteiger partial charge >= 0.3 is 5.69 Å². The smallest absolute Gasteiger partial charge is 0.331 e. The molecule has 2 aromatic heterocycles. The van der Waals surface area contributed by atoms with Crippen LogP contribution in [0.4, 0.5) is 5.82 Å². The van der Waals surface area contributed by atoms with Gasteiger partial charge in [0, 0.05) is 20.1 Å². The Morgan fingerprint density at radius 2 is 1.38 bits per heavy atom. The number of fused-ring (bicyclic) bond motifs is 1. The molecule has 164 valence electrons. The maximum absolute atomic E-state index is 13.7. The van der Waals surface area contributed by atoms with Crippen molar-refractivity contribution < 1.29 is 0 Å². The van der Waals surface area contributed by atoms with Crippen LogP contribution in [0.15, 0.2) is 70.3 Å². The van der Waals surface area contributed by atoms with Crippen molar-refractivity contribution in [1.29, 1.82) is 0 Å². The Balaban J connectivity index is 1.72. The van der Waals surface area contributed by atoms with Crippen LogP contribution in [0.2, 0.25) is 0 Å². The molecule has 0 radical (unpaired) electrons. The quantitative estimate of drug-likeness (QED) is 0.489. The van der Waals surface area contributed by atoms with Gasteiger partial charge in [0.1, 0.15) is 5.52 Å². The number of rotatable bonds is 5. The van der Waals surface area contributed by atoms with Gasteiger partial charge in [-0.15, -0.1) is 0 Å². The van der Waals surface area contributed by atoms with E-state index in [2.05, 4.69) is 4.90 Å². The van der Waals surface area contributed by atoms with Gasteiger partial charge in [-0.3, -0.25) is 18.6 Å². The van der Waals surface area contributed by atoms with Gasteiger partial charge in [0.2, 0.25) is 0 Å². The van der Waals surface area contributed by atoms with E-state index in [4.69, 9.17) is 5.10 Å². The predicted molar refractivity (Wildman–Crippen MR) is 126 cm³/mol. The SMILES string of the molecule is Cn1c(=O)n(Cc2ccccc2)c(=O)c2c1c(N1CCCCC1)nn2Cc1ccccc1. The van der Waals surface area contributed by atoms with E-state index in [1.54, 1.807) is 16.3 Å². The molecule has 1 fully saturated rings. The van der Waals surface area contributed by atoms with E-state index in [1.807, 2.05) is 60.7 Å². The summed E-state index contributed by atoms with van der Waals surface area (Å²) >= 11 is 0. The molecule has 1 saturated heterocycles. The Morgan fingerprint density at radius 1 is 0.781 bits per heavy atom. The largest absolute Gasteiger partial charge is 0.353 e. The highest BCUT2D eigenvalue weighted by atomic mass is 16.2. The highest BCUT2D eigenvalue weighted by molar-refractivity contribution is 5.87. The molecule has 7 nitrogen and oxygen atoms in total. The number of aryl methyl sites for hydroxylation is 1. The van der Waals surface area contributed by atoms with Crippen LogP contribution in [0, 0.1) is 0 Å². The fourth-order valence-electron chi connectivity index (χ4n) is 4.55. The van der Waals surface area contributed by atoms with Crippen LogP contribution in [0.25, 0.3) is 11.0 Å². The van der Waals surface area contributed by atoms with Crippen LogP contribution in [0.5, 0.6) is 0 Å². The van der Waals surface area contributed by atoms with Gasteiger partial charge in [-0.1, -0.05) is 60.7 Å². The van der Waals surface area contributed by atoms with E-state index < -0.39 is 0 Å². The number of benzene rings is 2. The fraction of sp³-hybridized carbons (Fsp3) is 0.320. The molecule has 0 atom stereocenters. The molecule has 1 aliphatic rings. The number of anilines is 1. The van der Waals surface area contributed by atoms with Crippen LogP contribution >= 0.6 is 0 Å². The molecule has 32 heavy (non-hydrogen) atoms. The Hall–Kier alpha value is -3.61. The summed E-state index contributed by atoms with van der Waals surface area (Å²) < 4.78 is 4.69. The molecule has 0 spiro atoms. The third kappa shape index (κ3) is 3.64. The first-order valence-corrected chi connectivity index (χ1v) is 11.2. The van der Waals surface area contributed by atoms with Gasteiger partial charge in [-0.2, -0.15) is 5.10 Å². The second kappa shape index (κ2) is 8.49. The average molecular weight is 430 g/mol. The highest BCUT2D eigenvalue weighted by Crippen LogP contribution is 2.26. The van der Waals surface area contributed by atoms with Gasteiger partial charge in [-0.05, 0) is 30.4 Å². The zero-order valence-electron chi connectivity index (χ0n) is 18.3. The monoisotopic (exact) mass is 429 g/mol. The van der Waals surface area contributed by atoms with Crippen molar-refractivity contribution in [3.63, 3.8) is 0 Å². The summed E-state index contributed by atoms with van der Waals surface area (Å²) in [4.78, 5) is 29.2. The van der Waals surface area contributed by atoms with Crippen LogP contribution in [0.1, 0.15) is 30.4 Å². The molecule has 0 aliphatic carbocycles. The third-order valence-corrected chi connectivity index (χ3v) is 6.22. The third-order valence-electron chi connectivity index (χ3n) is 6.22. The van der Waals surface area contributed by atoms with E-state index in [0.29, 0.717) is 17.6 Å². The van der Waals surface area contributed by atoms with E-state index in [-0.39, 0.29) is 17.8 Å². The lowest BCUT2D eigenvalue weighted by Crippen LogP contribution is -2.40. The van der Waals surface area contributed by atoms with E-state index in [9.17, 15) is 9.59 Å². The Bertz CT molecular complexity index is 1350. The maximum Gasteiger partial charge on any atom is 0.331 e. The molecule has 4 aromatic rings. The van der Waals surface area contributed by atoms with Crippen LogP contribution in [0.3, 0.4) is 0 Å². The van der Waals surface area contributed by atoms with Crippen molar-refractivity contribution in [2.75, 3.05) is 18.0 Å². The summed E-state index contributed by atoms with van der Waals surface area (Å²) in [6, 6.07) is 19.6. The number of hydrogen-bond donors (Lipinski definition) is 0. The van der Waals surface area contributed by atoms with Crippen LogP contribution < -0.4 is 16.1 Å². The summed E-state index contributed by atoms with van der Waals surface area (Å²) in [5.41, 5.74) is 2.47. The minimum absolute atomic E-state index is 0.234. The summed E-state index contributed by atoms with van der Waals surface area (Å²) in [6.07, 6.45) is 3.38. The number of piperidine rings is 1. The van der Waals surface area contributed by atoms with Crippen molar-refractivity contribution in [1.82, 2.24) is 18.9 Å². The zero-order chi connectivity index (χ0) is 22.1. The molecule has 5 rings (SSSR count). The molecule has 0 amide bonds. The molecule has 0 saturated carbocycles. The minimum Gasteiger partial charge on any atom is -0.353 e. The first kappa shape index (κ1) is 20.3. The molecular weight excluding hydrogens is 402 g/mol. The summed E-state index contributed by atoms with van der Waals surface area (Å²) in [7, 11) is 1.74. The van der Waals surface area contributed by atoms with E-state index in [0.717, 1.165) is 42.9 Å². The molecule has 1 aliphatic heterocycles. The molecule has 0 bridgehead atoms. The number of aromatic nitrogens is 4. The van der Waals surface area contributed by atoms with Crippen molar-refractivity contribution >= 4 is 16.9 Å². The molecule has 0 N–H and O–H groups in total. The van der Waals surface area contributed by atoms with E-state index in [1.165, 1.54) is 11.0 Å². The van der Waals surface area contributed by atoms with Gasteiger partial charge in [0.15, 0.2) is 11.3 Å². The minimum atomic E-state index is -0.316. The van der Waals surface area contributed by atoms with Crippen LogP contribution in [-0.2, 0) is 20.1 Å². The van der Waals surface area contributed by atoms with Gasteiger partial charge in [0.25, 0.3) is 5.56 Å². The van der Waals surface area contributed by atoms with Crippen molar-refractivity contribution in [2.24, 2.45) is 7.05 Å². The maximum atomic E-state index is 13.7. The molecule has 7 heteroatoms. The molecule has 3 heterocycles. The lowest BCUT2D eigenvalue weighted by Gasteiger charge is -2.27. The summed E-state index contributed by atoms with van der Waals surface area (Å²) in [6.45, 7) is 2.49. The number of nitrogens with zero attached hydrogens (tertiary/aromatic N) is 5. The van der Waals surface area contributed by atoms with Crippen molar-refractivity contribution in [3.05, 3.63) is 92.6 Å². The second-order valence-electron chi connectivity index (χ2n) is 8.43. The Kier molecular flexibility index (Phi) is 5.39.